The largest absolute Gasteiger partial charge is 0.334 e. The van der Waals surface area contributed by atoms with Gasteiger partial charge in [0.1, 0.15) is 5.82 Å². The molecule has 0 radical (unpaired) electrons. The molecule has 4 rings (SSSR count). The molecule has 0 saturated heterocycles. The third-order valence-electron chi connectivity index (χ3n) is 5.10. The third-order valence-corrected chi connectivity index (χ3v) is 5.10. The van der Waals surface area contributed by atoms with Crippen LogP contribution in [0.25, 0.3) is 11.0 Å². The highest BCUT2D eigenvalue weighted by Gasteiger charge is 2.14. The first-order chi connectivity index (χ1) is 14.2. The molecule has 3 amide bonds. The van der Waals surface area contributed by atoms with Crippen LogP contribution in [0.5, 0.6) is 0 Å². The van der Waals surface area contributed by atoms with Gasteiger partial charge in [0.25, 0.3) is 0 Å². The number of carbonyl (C=O) groups excluding carboxylic acids is 2. The molecule has 2 heterocycles. The molecule has 1 aliphatic heterocycles. The van der Waals surface area contributed by atoms with Gasteiger partial charge in [-0.3, -0.25) is 4.79 Å². The minimum atomic E-state index is -0.378. The second kappa shape index (κ2) is 8.77. The van der Waals surface area contributed by atoms with Crippen molar-refractivity contribution in [3.05, 3.63) is 59.9 Å². The molecule has 2 aromatic carbocycles. The van der Waals surface area contributed by atoms with Gasteiger partial charge in [0.15, 0.2) is 0 Å². The molecule has 7 heteroatoms. The van der Waals surface area contributed by atoms with E-state index in [0.29, 0.717) is 12.2 Å². The summed E-state index contributed by atoms with van der Waals surface area (Å²) in [4.78, 5) is 28.8. The number of nitrogens with one attached hydrogen (secondary N) is 3. The molecule has 3 aromatic rings. The van der Waals surface area contributed by atoms with Crippen LogP contribution in [-0.4, -0.2) is 28.0 Å². The van der Waals surface area contributed by atoms with E-state index in [2.05, 4.69) is 20.5 Å². The van der Waals surface area contributed by atoms with Gasteiger partial charge in [-0.15, -0.1) is 0 Å². The van der Waals surface area contributed by atoms with Crippen molar-refractivity contribution < 1.29 is 9.59 Å². The Hall–Kier alpha value is -3.35. The third kappa shape index (κ3) is 4.74. The van der Waals surface area contributed by atoms with Gasteiger partial charge in [-0.2, -0.15) is 0 Å². The Morgan fingerprint density at radius 3 is 2.72 bits per heavy atom. The minimum Gasteiger partial charge on any atom is -0.334 e. The van der Waals surface area contributed by atoms with Crippen LogP contribution >= 0.6 is 0 Å². The highest BCUT2D eigenvalue weighted by Crippen LogP contribution is 2.24. The number of benzene rings is 2. The molecule has 3 N–H and O–H groups in total. The number of carbonyl (C=O) groups is 2. The lowest BCUT2D eigenvalue weighted by Gasteiger charge is -2.09. The number of fused-ring (bicyclic) bond motifs is 3. The highest BCUT2D eigenvalue weighted by molar-refractivity contribution is 5.96. The molecule has 0 spiro atoms. The number of urea groups is 1. The SMILES string of the molecule is O=C(CNC(=O)NCc1ccccc1)Nc1ccc2c(c1)nc1n2CCCCC1. The second-order valence-electron chi connectivity index (χ2n) is 7.26. The van der Waals surface area contributed by atoms with Crippen molar-refractivity contribution in [2.75, 3.05) is 11.9 Å². The summed E-state index contributed by atoms with van der Waals surface area (Å²) in [6.45, 7) is 1.31. The first-order valence-corrected chi connectivity index (χ1v) is 10.0. The molecule has 0 aliphatic carbocycles. The Balaban J connectivity index is 1.30. The van der Waals surface area contributed by atoms with Gasteiger partial charge >= 0.3 is 6.03 Å². The molecule has 29 heavy (non-hydrogen) atoms. The lowest BCUT2D eigenvalue weighted by atomic mass is 10.2. The summed E-state index contributed by atoms with van der Waals surface area (Å²) in [5, 5.41) is 8.13. The van der Waals surface area contributed by atoms with E-state index in [1.165, 1.54) is 19.3 Å². The van der Waals surface area contributed by atoms with Crippen molar-refractivity contribution in [2.45, 2.75) is 38.8 Å². The number of imidazole rings is 1. The summed E-state index contributed by atoms with van der Waals surface area (Å²) >= 11 is 0. The Labute approximate surface area is 169 Å². The van der Waals surface area contributed by atoms with Gasteiger partial charge in [0.2, 0.25) is 5.91 Å². The van der Waals surface area contributed by atoms with E-state index in [1.807, 2.05) is 48.5 Å². The van der Waals surface area contributed by atoms with Crippen LogP contribution in [0.15, 0.2) is 48.5 Å². The molecule has 7 nitrogen and oxygen atoms in total. The van der Waals surface area contributed by atoms with Crippen molar-refractivity contribution in [2.24, 2.45) is 0 Å². The smallest absolute Gasteiger partial charge is 0.315 e. The quantitative estimate of drug-likeness (QED) is 0.624. The van der Waals surface area contributed by atoms with E-state index >= 15 is 0 Å². The van der Waals surface area contributed by atoms with E-state index in [1.54, 1.807) is 0 Å². The minimum absolute atomic E-state index is 0.0989. The zero-order valence-electron chi connectivity index (χ0n) is 16.3. The van der Waals surface area contributed by atoms with Crippen LogP contribution < -0.4 is 16.0 Å². The van der Waals surface area contributed by atoms with Gasteiger partial charge in [0.05, 0.1) is 17.6 Å². The summed E-state index contributed by atoms with van der Waals surface area (Å²) in [6.07, 6.45) is 4.59. The average Bonchev–Trinajstić information content (AvgIpc) is 2.91. The molecule has 1 aliphatic rings. The lowest BCUT2D eigenvalue weighted by molar-refractivity contribution is -0.115. The Kier molecular flexibility index (Phi) is 5.74. The maximum Gasteiger partial charge on any atom is 0.315 e. The lowest BCUT2D eigenvalue weighted by Crippen LogP contribution is -2.39. The van der Waals surface area contributed by atoms with Crippen molar-refractivity contribution in [1.82, 2.24) is 20.2 Å². The highest BCUT2D eigenvalue weighted by atomic mass is 16.2. The van der Waals surface area contributed by atoms with Crippen molar-refractivity contribution >= 4 is 28.7 Å². The summed E-state index contributed by atoms with van der Waals surface area (Å²) in [5.41, 5.74) is 3.69. The van der Waals surface area contributed by atoms with Crippen molar-refractivity contribution in [3.63, 3.8) is 0 Å². The molecule has 0 unspecified atom stereocenters. The average molecular weight is 391 g/mol. The first-order valence-electron chi connectivity index (χ1n) is 10.0. The fourth-order valence-electron chi connectivity index (χ4n) is 3.63. The molecule has 0 saturated carbocycles. The predicted octanol–water partition coefficient (Wildman–Crippen LogP) is 3.20. The Bertz CT molecular complexity index is 1010. The standard InChI is InChI=1S/C22H25N5O2/c28-21(15-24-22(29)23-14-16-7-3-1-4-8-16)25-17-10-11-19-18(13-17)26-20-9-5-2-6-12-27(19)20/h1,3-4,7-8,10-11,13H,2,5-6,9,12,14-15H2,(H,25,28)(H2,23,24,29). The molecule has 1 aromatic heterocycles. The maximum absolute atomic E-state index is 12.2. The molecule has 0 fully saturated rings. The van der Waals surface area contributed by atoms with Gasteiger partial charge in [-0.1, -0.05) is 36.8 Å². The second-order valence-corrected chi connectivity index (χ2v) is 7.26. The van der Waals surface area contributed by atoms with E-state index in [4.69, 9.17) is 4.98 Å². The molecular formula is C22H25N5O2. The number of amides is 3. The maximum atomic E-state index is 12.2. The summed E-state index contributed by atoms with van der Waals surface area (Å²) in [5.74, 6) is 0.845. The molecular weight excluding hydrogens is 366 g/mol. The van der Waals surface area contributed by atoms with E-state index in [9.17, 15) is 9.59 Å². The molecule has 0 bridgehead atoms. The first kappa shape index (κ1) is 19.0. The van der Waals surface area contributed by atoms with Gasteiger partial charge in [-0.05, 0) is 36.6 Å². The van der Waals surface area contributed by atoms with Crippen LogP contribution in [0, 0.1) is 0 Å². The van der Waals surface area contributed by atoms with E-state index in [0.717, 1.165) is 35.4 Å². The fourth-order valence-corrected chi connectivity index (χ4v) is 3.63. The topological polar surface area (TPSA) is 88.1 Å². The normalized spacial score (nSPS) is 13.4. The fraction of sp³-hybridized carbons (Fsp3) is 0.318. The van der Waals surface area contributed by atoms with E-state index in [-0.39, 0.29) is 18.5 Å². The number of anilines is 1. The Morgan fingerprint density at radius 2 is 1.86 bits per heavy atom. The number of hydrogen-bond acceptors (Lipinski definition) is 3. The predicted molar refractivity (Wildman–Crippen MR) is 113 cm³/mol. The number of aryl methyl sites for hydroxylation is 2. The van der Waals surface area contributed by atoms with Crippen LogP contribution in [0.2, 0.25) is 0 Å². The van der Waals surface area contributed by atoms with Crippen LogP contribution in [0.1, 0.15) is 30.7 Å². The van der Waals surface area contributed by atoms with Gasteiger partial charge < -0.3 is 20.5 Å². The van der Waals surface area contributed by atoms with Gasteiger partial charge in [0, 0.05) is 25.2 Å². The number of hydrogen-bond donors (Lipinski definition) is 3. The van der Waals surface area contributed by atoms with Crippen molar-refractivity contribution in [3.8, 4) is 0 Å². The number of aromatic nitrogens is 2. The van der Waals surface area contributed by atoms with Crippen LogP contribution in [0.3, 0.4) is 0 Å². The summed E-state index contributed by atoms with van der Waals surface area (Å²) in [6, 6.07) is 15.0. The van der Waals surface area contributed by atoms with Crippen molar-refractivity contribution in [1.29, 1.82) is 0 Å². The van der Waals surface area contributed by atoms with Crippen LogP contribution in [-0.2, 0) is 24.3 Å². The number of nitrogens with zero attached hydrogens (tertiary/aromatic N) is 2. The summed E-state index contributed by atoms with van der Waals surface area (Å²) < 4.78 is 2.28. The zero-order chi connectivity index (χ0) is 20.1. The van der Waals surface area contributed by atoms with Gasteiger partial charge in [-0.25, -0.2) is 9.78 Å². The van der Waals surface area contributed by atoms with E-state index < -0.39 is 0 Å². The molecule has 150 valence electrons. The zero-order valence-corrected chi connectivity index (χ0v) is 16.3. The Morgan fingerprint density at radius 1 is 1.00 bits per heavy atom. The monoisotopic (exact) mass is 391 g/mol. The number of rotatable bonds is 5. The molecule has 0 atom stereocenters. The summed E-state index contributed by atoms with van der Waals surface area (Å²) in [7, 11) is 0. The van der Waals surface area contributed by atoms with Crippen LogP contribution in [0.4, 0.5) is 10.5 Å².